The Balaban J connectivity index is 1.54. The first-order chi connectivity index (χ1) is 16.2. The van der Waals surface area contributed by atoms with Crippen LogP contribution in [0.1, 0.15) is 28.8 Å². The lowest BCUT2D eigenvalue weighted by Crippen LogP contribution is -2.35. The third-order valence-corrected chi connectivity index (χ3v) is 7.30. The van der Waals surface area contributed by atoms with E-state index < -0.39 is 15.4 Å². The molecule has 5 rings (SSSR count). The van der Waals surface area contributed by atoms with E-state index in [9.17, 15) is 17.6 Å². The lowest BCUT2D eigenvalue weighted by molar-refractivity contribution is 0.0932. The zero-order valence-electron chi connectivity index (χ0n) is 18.2. The summed E-state index contributed by atoms with van der Waals surface area (Å²) in [6.07, 6.45) is 4.32. The number of aromatic nitrogens is 1. The lowest BCUT2D eigenvalue weighted by Gasteiger charge is -2.19. The lowest BCUT2D eigenvalue weighted by atomic mass is 10.0. The average molecular weight is 474 g/mol. The number of benzene rings is 3. The molecule has 0 saturated heterocycles. The zero-order valence-corrected chi connectivity index (χ0v) is 19.1. The van der Waals surface area contributed by atoms with E-state index in [2.05, 4.69) is 10.2 Å². The molecule has 170 valence electrons. The summed E-state index contributed by atoms with van der Waals surface area (Å²) in [4.78, 5) is 17.2. The first-order valence-electron chi connectivity index (χ1n) is 10.6. The standard InChI is InChI=1S/C26H20FN3O3S/c1-28-19-15-23(22-10-13-30(24(22)16-19)20-8-6-18(27)7-9-20)25(31)29-26(11-12-26)17-4-3-5-21(14-17)34(2,32)33/h3-10,13-16H,11-12H2,2H3,(H,29,31). The molecule has 34 heavy (non-hydrogen) atoms. The molecule has 4 aromatic rings. The fourth-order valence-electron chi connectivity index (χ4n) is 4.23. The Bertz CT molecular complexity index is 1590. The van der Waals surface area contributed by atoms with Gasteiger partial charge in [-0.25, -0.2) is 17.7 Å². The van der Waals surface area contributed by atoms with Crippen molar-refractivity contribution in [1.29, 1.82) is 0 Å². The van der Waals surface area contributed by atoms with Gasteiger partial charge in [0.05, 0.1) is 17.0 Å². The fraction of sp³-hybridized carbons (Fsp3) is 0.154. The van der Waals surface area contributed by atoms with Gasteiger partial charge in [0, 0.05) is 34.6 Å². The molecule has 8 heteroatoms. The molecule has 1 aliphatic carbocycles. The summed E-state index contributed by atoms with van der Waals surface area (Å²) in [7, 11) is -3.37. The Kier molecular flexibility index (Phi) is 5.03. The van der Waals surface area contributed by atoms with Gasteiger partial charge in [0.25, 0.3) is 5.91 Å². The molecule has 0 radical (unpaired) electrons. The van der Waals surface area contributed by atoms with Crippen LogP contribution in [-0.2, 0) is 15.4 Å². The summed E-state index contributed by atoms with van der Waals surface area (Å²) in [6, 6.07) is 17.7. The van der Waals surface area contributed by atoms with Crippen molar-refractivity contribution in [3.05, 3.63) is 101 Å². The van der Waals surface area contributed by atoms with Crippen LogP contribution in [0.5, 0.6) is 0 Å². The minimum Gasteiger partial charge on any atom is -0.343 e. The molecule has 1 aromatic heterocycles. The number of fused-ring (bicyclic) bond motifs is 1. The highest BCUT2D eigenvalue weighted by Crippen LogP contribution is 2.46. The van der Waals surface area contributed by atoms with E-state index in [1.807, 2.05) is 10.6 Å². The highest BCUT2D eigenvalue weighted by molar-refractivity contribution is 7.90. The highest BCUT2D eigenvalue weighted by Gasteiger charge is 2.46. The van der Waals surface area contributed by atoms with Crippen LogP contribution in [0.3, 0.4) is 0 Å². The fourth-order valence-corrected chi connectivity index (χ4v) is 4.89. The molecule has 0 spiro atoms. The molecular weight excluding hydrogens is 453 g/mol. The van der Waals surface area contributed by atoms with E-state index in [0.717, 1.165) is 11.8 Å². The average Bonchev–Trinajstić information content (AvgIpc) is 3.48. The molecule has 1 heterocycles. The molecule has 3 aromatic carbocycles. The normalized spacial score (nSPS) is 14.5. The predicted octanol–water partition coefficient (Wildman–Crippen LogP) is 5.14. The summed E-state index contributed by atoms with van der Waals surface area (Å²) in [5.74, 6) is -0.689. The summed E-state index contributed by atoms with van der Waals surface area (Å²) in [5.41, 5.74) is 2.14. The second-order valence-corrected chi connectivity index (χ2v) is 10.6. The topological polar surface area (TPSA) is 72.5 Å². The first kappa shape index (κ1) is 21.9. The molecule has 1 fully saturated rings. The molecule has 6 nitrogen and oxygen atoms in total. The van der Waals surface area contributed by atoms with Crippen molar-refractivity contribution in [3.63, 3.8) is 0 Å². The van der Waals surface area contributed by atoms with E-state index in [1.54, 1.807) is 48.7 Å². The van der Waals surface area contributed by atoms with Gasteiger partial charge in [-0.15, -0.1) is 0 Å². The van der Waals surface area contributed by atoms with Gasteiger partial charge in [-0.2, -0.15) is 0 Å². The minimum absolute atomic E-state index is 0.208. The van der Waals surface area contributed by atoms with Gasteiger partial charge in [0.2, 0.25) is 0 Å². The minimum atomic E-state index is -3.37. The van der Waals surface area contributed by atoms with E-state index >= 15 is 0 Å². The number of carbonyl (C=O) groups excluding carboxylic acids is 1. The predicted molar refractivity (Wildman–Crippen MR) is 127 cm³/mol. The van der Waals surface area contributed by atoms with E-state index in [4.69, 9.17) is 6.57 Å². The van der Waals surface area contributed by atoms with Gasteiger partial charge in [0.1, 0.15) is 5.82 Å². The zero-order chi connectivity index (χ0) is 24.1. The third-order valence-electron chi connectivity index (χ3n) is 6.19. The maximum absolute atomic E-state index is 13.4. The Hall–Kier alpha value is -3.96. The molecule has 1 aliphatic rings. The molecule has 1 amide bonds. The van der Waals surface area contributed by atoms with Crippen LogP contribution in [0.15, 0.2) is 77.8 Å². The second kappa shape index (κ2) is 7.82. The van der Waals surface area contributed by atoms with Gasteiger partial charge in [-0.1, -0.05) is 12.1 Å². The van der Waals surface area contributed by atoms with Crippen LogP contribution >= 0.6 is 0 Å². The largest absolute Gasteiger partial charge is 0.343 e. The SMILES string of the molecule is [C-]#[N+]c1cc(C(=O)NC2(c3cccc(S(C)(=O)=O)c3)CC2)c2ccn(-c3ccc(F)cc3)c2c1. The summed E-state index contributed by atoms with van der Waals surface area (Å²) in [5, 5.41) is 3.75. The van der Waals surface area contributed by atoms with E-state index in [0.29, 0.717) is 40.7 Å². The van der Waals surface area contributed by atoms with Crippen molar-refractivity contribution in [2.45, 2.75) is 23.3 Å². The molecule has 0 unspecified atom stereocenters. The van der Waals surface area contributed by atoms with Crippen LogP contribution in [0.4, 0.5) is 10.1 Å². The number of carbonyl (C=O) groups is 1. The molecule has 0 atom stereocenters. The van der Waals surface area contributed by atoms with Gasteiger partial charge < -0.3 is 9.88 Å². The van der Waals surface area contributed by atoms with Crippen molar-refractivity contribution in [1.82, 2.24) is 9.88 Å². The first-order valence-corrected chi connectivity index (χ1v) is 12.5. The molecule has 1 saturated carbocycles. The number of nitrogens with zero attached hydrogens (tertiary/aromatic N) is 2. The van der Waals surface area contributed by atoms with Crippen LogP contribution in [-0.4, -0.2) is 25.1 Å². The number of hydrogen-bond donors (Lipinski definition) is 1. The Morgan fingerprint density at radius 3 is 2.47 bits per heavy atom. The van der Waals surface area contributed by atoms with Crippen LogP contribution < -0.4 is 5.32 Å². The second-order valence-electron chi connectivity index (χ2n) is 8.54. The molecular formula is C26H20FN3O3S. The summed E-state index contributed by atoms with van der Waals surface area (Å²) >= 11 is 0. The highest BCUT2D eigenvalue weighted by atomic mass is 32.2. The van der Waals surface area contributed by atoms with Gasteiger partial charge in [-0.3, -0.25) is 4.79 Å². The van der Waals surface area contributed by atoms with Gasteiger partial charge in [0.15, 0.2) is 15.5 Å². The maximum Gasteiger partial charge on any atom is 0.251 e. The van der Waals surface area contributed by atoms with Crippen LogP contribution in [0.2, 0.25) is 0 Å². The van der Waals surface area contributed by atoms with Crippen molar-refractivity contribution in [3.8, 4) is 5.69 Å². The van der Waals surface area contributed by atoms with Crippen molar-refractivity contribution < 1.29 is 17.6 Å². The smallest absolute Gasteiger partial charge is 0.251 e. The van der Waals surface area contributed by atoms with Crippen molar-refractivity contribution in [2.75, 3.05) is 6.26 Å². The molecule has 0 aliphatic heterocycles. The maximum atomic E-state index is 13.4. The number of hydrogen-bond acceptors (Lipinski definition) is 3. The van der Waals surface area contributed by atoms with Crippen molar-refractivity contribution in [2.24, 2.45) is 0 Å². The van der Waals surface area contributed by atoms with Crippen LogP contribution in [0.25, 0.3) is 21.4 Å². The van der Waals surface area contributed by atoms with Gasteiger partial charge >= 0.3 is 0 Å². The number of halogens is 1. The Morgan fingerprint density at radius 1 is 1.09 bits per heavy atom. The quantitative estimate of drug-likeness (QED) is 0.408. The van der Waals surface area contributed by atoms with E-state index in [1.165, 1.54) is 18.2 Å². The number of rotatable bonds is 5. The Morgan fingerprint density at radius 2 is 1.82 bits per heavy atom. The monoisotopic (exact) mass is 473 g/mol. The number of amides is 1. The number of nitrogens with one attached hydrogen (secondary N) is 1. The van der Waals surface area contributed by atoms with Crippen LogP contribution in [0, 0.1) is 12.4 Å². The van der Waals surface area contributed by atoms with E-state index in [-0.39, 0.29) is 16.6 Å². The molecule has 0 bridgehead atoms. The Labute approximate surface area is 196 Å². The summed E-state index contributed by atoms with van der Waals surface area (Å²) < 4.78 is 39.2. The summed E-state index contributed by atoms with van der Waals surface area (Å²) in [6.45, 7) is 7.50. The number of sulfone groups is 1. The van der Waals surface area contributed by atoms with Crippen molar-refractivity contribution >= 4 is 32.3 Å². The van der Waals surface area contributed by atoms with Gasteiger partial charge in [-0.05, 0) is 73.0 Å². The molecule has 1 N–H and O–H groups in total. The third kappa shape index (κ3) is 3.84.